The van der Waals surface area contributed by atoms with Crippen LogP contribution in [0.1, 0.15) is 5.56 Å². The third-order valence-corrected chi connectivity index (χ3v) is 3.98. The molecular formula is C15H10Cl2FN3O2. The van der Waals surface area contributed by atoms with Gasteiger partial charge in [-0.15, -0.1) is 0 Å². The zero-order valence-electron chi connectivity index (χ0n) is 11.6. The highest BCUT2D eigenvalue weighted by Gasteiger charge is 2.14. The van der Waals surface area contributed by atoms with Gasteiger partial charge in [-0.1, -0.05) is 23.2 Å². The Hall–Kier alpha value is -2.15. The fraction of sp³-hybridized carbons (Fsp3) is 0.0667. The van der Waals surface area contributed by atoms with Crippen molar-refractivity contribution in [2.45, 2.75) is 6.61 Å². The van der Waals surface area contributed by atoms with E-state index in [4.69, 9.17) is 23.2 Å². The summed E-state index contributed by atoms with van der Waals surface area (Å²) in [5.41, 5.74) is -0.183. The molecule has 8 heteroatoms. The Balaban J connectivity index is 2.18. The number of anilines is 2. The maximum atomic E-state index is 13.9. The van der Waals surface area contributed by atoms with E-state index in [2.05, 4.69) is 10.3 Å². The van der Waals surface area contributed by atoms with Gasteiger partial charge in [0.15, 0.2) is 11.5 Å². The van der Waals surface area contributed by atoms with Gasteiger partial charge in [-0.2, -0.15) is 0 Å². The average molecular weight is 354 g/mol. The first-order valence-corrected chi connectivity index (χ1v) is 7.29. The van der Waals surface area contributed by atoms with Crippen molar-refractivity contribution >= 4 is 40.4 Å². The monoisotopic (exact) mass is 353 g/mol. The third-order valence-electron chi connectivity index (χ3n) is 3.24. The molecule has 0 bridgehead atoms. The molecule has 1 aromatic carbocycles. The van der Waals surface area contributed by atoms with E-state index in [-0.39, 0.29) is 17.0 Å². The molecule has 5 nitrogen and oxygen atoms in total. The van der Waals surface area contributed by atoms with E-state index in [9.17, 15) is 14.3 Å². The van der Waals surface area contributed by atoms with Crippen LogP contribution in [-0.2, 0) is 6.61 Å². The van der Waals surface area contributed by atoms with Crippen LogP contribution in [-0.4, -0.2) is 14.5 Å². The predicted molar refractivity (Wildman–Crippen MR) is 87.1 cm³/mol. The lowest BCUT2D eigenvalue weighted by molar-refractivity contribution is 0.280. The number of halogens is 3. The van der Waals surface area contributed by atoms with Crippen molar-refractivity contribution in [2.75, 3.05) is 5.32 Å². The van der Waals surface area contributed by atoms with Gasteiger partial charge in [0.25, 0.3) is 5.56 Å². The predicted octanol–water partition coefficient (Wildman–Crippen LogP) is 3.38. The third kappa shape index (κ3) is 2.88. The molecule has 2 N–H and O–H groups in total. The molecule has 2 aromatic heterocycles. The number of nitrogens with one attached hydrogen (secondary N) is 1. The molecule has 0 saturated carbocycles. The first kappa shape index (κ1) is 15.7. The van der Waals surface area contributed by atoms with Gasteiger partial charge in [0.2, 0.25) is 0 Å². The minimum atomic E-state index is -0.647. The molecule has 0 spiro atoms. The van der Waals surface area contributed by atoms with E-state index in [1.807, 2.05) is 0 Å². The number of aromatic nitrogens is 2. The van der Waals surface area contributed by atoms with Crippen LogP contribution in [0.5, 0.6) is 0 Å². The molecule has 3 rings (SSSR count). The lowest BCUT2D eigenvalue weighted by Crippen LogP contribution is -2.22. The summed E-state index contributed by atoms with van der Waals surface area (Å²) < 4.78 is 14.9. The highest BCUT2D eigenvalue weighted by atomic mass is 35.5. The number of aliphatic hydroxyl groups is 1. The Morgan fingerprint density at radius 1 is 1.26 bits per heavy atom. The van der Waals surface area contributed by atoms with Gasteiger partial charge >= 0.3 is 0 Å². The van der Waals surface area contributed by atoms with Crippen LogP contribution in [0, 0.1) is 5.82 Å². The van der Waals surface area contributed by atoms with Crippen molar-refractivity contribution in [1.82, 2.24) is 9.38 Å². The molecule has 0 aliphatic carbocycles. The molecule has 0 unspecified atom stereocenters. The Bertz CT molecular complexity index is 959. The van der Waals surface area contributed by atoms with Crippen molar-refractivity contribution in [3.05, 3.63) is 68.3 Å². The molecule has 0 saturated heterocycles. The maximum absolute atomic E-state index is 13.9. The summed E-state index contributed by atoms with van der Waals surface area (Å²) in [6, 6.07) is 7.32. The fourth-order valence-electron chi connectivity index (χ4n) is 2.12. The van der Waals surface area contributed by atoms with Gasteiger partial charge in [0, 0.05) is 11.9 Å². The summed E-state index contributed by atoms with van der Waals surface area (Å²) in [7, 11) is 0. The number of nitrogens with zero attached hydrogens (tertiary/aromatic N) is 2. The van der Waals surface area contributed by atoms with Crippen molar-refractivity contribution in [3.8, 4) is 0 Å². The van der Waals surface area contributed by atoms with Gasteiger partial charge in [0.1, 0.15) is 5.82 Å². The Morgan fingerprint density at radius 2 is 2.04 bits per heavy atom. The van der Waals surface area contributed by atoms with Gasteiger partial charge < -0.3 is 10.4 Å². The smallest absolute Gasteiger partial charge is 0.265 e. The van der Waals surface area contributed by atoms with Crippen LogP contribution in [0.2, 0.25) is 10.0 Å². The highest BCUT2D eigenvalue weighted by molar-refractivity contribution is 6.42. The summed E-state index contributed by atoms with van der Waals surface area (Å²) in [5, 5.41) is 13.0. The van der Waals surface area contributed by atoms with Gasteiger partial charge in [0.05, 0.1) is 22.2 Å². The lowest BCUT2D eigenvalue weighted by atomic mass is 10.2. The van der Waals surface area contributed by atoms with Crippen LogP contribution >= 0.6 is 23.2 Å². The first-order valence-electron chi connectivity index (χ1n) is 6.54. The molecule has 0 aliphatic rings. The zero-order chi connectivity index (χ0) is 16.6. The van der Waals surface area contributed by atoms with Gasteiger partial charge in [-0.25, -0.2) is 9.37 Å². The normalized spacial score (nSPS) is 11.0. The minimum Gasteiger partial charge on any atom is -0.391 e. The topological polar surface area (TPSA) is 66.6 Å². The molecule has 0 fully saturated rings. The van der Waals surface area contributed by atoms with Crippen LogP contribution in [0.3, 0.4) is 0 Å². The Labute approximate surface area is 139 Å². The van der Waals surface area contributed by atoms with Crippen molar-refractivity contribution in [2.24, 2.45) is 0 Å². The lowest BCUT2D eigenvalue weighted by Gasteiger charge is -2.12. The fourth-order valence-corrected chi connectivity index (χ4v) is 2.42. The first-order chi connectivity index (χ1) is 11.0. The molecule has 2 heterocycles. The standard InChI is InChI=1S/C15H10Cl2FN3O2/c16-10-4-3-8(6-11(10)17)19-13-9(7-22)15(23)21-5-1-2-12(18)14(21)20-13/h1-6,19,22H,7H2. The molecule has 0 radical (unpaired) electrons. The van der Waals surface area contributed by atoms with Crippen molar-refractivity contribution < 1.29 is 9.50 Å². The second-order valence-electron chi connectivity index (χ2n) is 4.71. The van der Waals surface area contributed by atoms with E-state index in [1.54, 1.807) is 12.1 Å². The van der Waals surface area contributed by atoms with E-state index in [1.165, 1.54) is 24.4 Å². The summed E-state index contributed by atoms with van der Waals surface area (Å²) in [5.74, 6) is -0.590. The van der Waals surface area contributed by atoms with Gasteiger partial charge in [-0.05, 0) is 30.3 Å². The number of fused-ring (bicyclic) bond motifs is 1. The van der Waals surface area contributed by atoms with Crippen molar-refractivity contribution in [3.63, 3.8) is 0 Å². The summed E-state index contributed by atoms with van der Waals surface area (Å²) in [6.45, 7) is -0.547. The molecule has 3 aromatic rings. The largest absolute Gasteiger partial charge is 0.391 e. The van der Waals surface area contributed by atoms with Crippen LogP contribution in [0.25, 0.3) is 5.65 Å². The van der Waals surface area contributed by atoms with Crippen LogP contribution in [0.4, 0.5) is 15.9 Å². The van der Waals surface area contributed by atoms with Crippen molar-refractivity contribution in [1.29, 1.82) is 0 Å². The highest BCUT2D eigenvalue weighted by Crippen LogP contribution is 2.27. The zero-order valence-corrected chi connectivity index (χ0v) is 13.1. The van der Waals surface area contributed by atoms with E-state index >= 15 is 0 Å². The van der Waals surface area contributed by atoms with Crippen LogP contribution in [0.15, 0.2) is 41.3 Å². The minimum absolute atomic E-state index is 0.0131. The summed E-state index contributed by atoms with van der Waals surface area (Å²) in [6.07, 6.45) is 1.38. The number of rotatable bonds is 3. The molecular weight excluding hydrogens is 344 g/mol. The second-order valence-corrected chi connectivity index (χ2v) is 5.52. The summed E-state index contributed by atoms with van der Waals surface area (Å²) in [4.78, 5) is 16.4. The number of aliphatic hydroxyl groups excluding tert-OH is 1. The van der Waals surface area contributed by atoms with E-state index < -0.39 is 18.0 Å². The maximum Gasteiger partial charge on any atom is 0.265 e. The van der Waals surface area contributed by atoms with Gasteiger partial charge in [-0.3, -0.25) is 9.20 Å². The Morgan fingerprint density at radius 3 is 2.74 bits per heavy atom. The van der Waals surface area contributed by atoms with E-state index in [0.29, 0.717) is 15.7 Å². The molecule has 0 atom stereocenters. The average Bonchev–Trinajstić information content (AvgIpc) is 2.52. The number of hydrogen-bond acceptors (Lipinski definition) is 4. The molecule has 0 aliphatic heterocycles. The number of pyridine rings is 1. The number of hydrogen-bond donors (Lipinski definition) is 2. The van der Waals surface area contributed by atoms with Crippen LogP contribution < -0.4 is 10.9 Å². The Kier molecular flexibility index (Phi) is 4.21. The molecule has 0 amide bonds. The molecule has 23 heavy (non-hydrogen) atoms. The van der Waals surface area contributed by atoms with E-state index in [0.717, 1.165) is 4.40 Å². The second kappa shape index (κ2) is 6.16. The quantitative estimate of drug-likeness (QED) is 0.757. The molecule has 118 valence electrons. The SMILES string of the molecule is O=c1c(CO)c(Nc2ccc(Cl)c(Cl)c2)nc2c(F)cccn12. The summed E-state index contributed by atoms with van der Waals surface area (Å²) >= 11 is 11.8. The number of benzene rings is 1.